The van der Waals surface area contributed by atoms with Gasteiger partial charge in [0.05, 0.1) is 28.4 Å². The van der Waals surface area contributed by atoms with E-state index in [1.54, 1.807) is 35.5 Å². The predicted molar refractivity (Wildman–Crippen MR) is 126 cm³/mol. The van der Waals surface area contributed by atoms with Crippen molar-refractivity contribution in [1.29, 1.82) is 0 Å². The molecule has 2 aromatic carbocycles. The van der Waals surface area contributed by atoms with Gasteiger partial charge in [0.1, 0.15) is 5.75 Å². The molecule has 0 heterocycles. The van der Waals surface area contributed by atoms with Crippen molar-refractivity contribution < 1.29 is 18.9 Å². The fraction of sp³-hybridized carbons (Fsp3) is 0.381. The van der Waals surface area contributed by atoms with Crippen molar-refractivity contribution in [2.75, 3.05) is 42.0 Å². The lowest BCUT2D eigenvalue weighted by atomic mass is 10.1. The van der Waals surface area contributed by atoms with E-state index in [1.807, 2.05) is 24.3 Å². The van der Waals surface area contributed by atoms with Crippen LogP contribution in [0.1, 0.15) is 11.1 Å². The maximum Gasteiger partial charge on any atom is 0.203 e. The van der Waals surface area contributed by atoms with Crippen LogP contribution in [0.2, 0.25) is 0 Å². The van der Waals surface area contributed by atoms with Gasteiger partial charge in [-0.25, -0.2) is 0 Å². The van der Waals surface area contributed by atoms with E-state index in [1.165, 1.54) is 5.56 Å². The number of rotatable bonds is 9. The van der Waals surface area contributed by atoms with Crippen LogP contribution in [0.4, 0.5) is 0 Å². The van der Waals surface area contributed by atoms with E-state index in [-0.39, 0.29) is 24.0 Å². The second-order valence-corrected chi connectivity index (χ2v) is 5.98. The number of hydrogen-bond acceptors (Lipinski definition) is 5. The Morgan fingerprint density at radius 2 is 1.45 bits per heavy atom. The van der Waals surface area contributed by atoms with Crippen LogP contribution in [-0.4, -0.2) is 48.0 Å². The summed E-state index contributed by atoms with van der Waals surface area (Å²) in [5.41, 5.74) is 2.22. The zero-order valence-corrected chi connectivity index (χ0v) is 19.9. The largest absolute Gasteiger partial charge is 0.497 e. The molecule has 2 N–H and O–H groups in total. The quantitative estimate of drug-likeness (QED) is 0.304. The molecule has 2 aromatic rings. The number of guanidine groups is 1. The Bertz CT molecular complexity index is 757. The minimum absolute atomic E-state index is 0. The average molecular weight is 515 g/mol. The molecule has 0 saturated carbocycles. The second kappa shape index (κ2) is 13.0. The van der Waals surface area contributed by atoms with Gasteiger partial charge in [-0.3, -0.25) is 4.99 Å². The number of hydrogen-bond donors (Lipinski definition) is 2. The summed E-state index contributed by atoms with van der Waals surface area (Å²) in [6, 6.07) is 11.9. The Labute approximate surface area is 189 Å². The summed E-state index contributed by atoms with van der Waals surface area (Å²) in [6.07, 6.45) is 0.884. The predicted octanol–water partition coefficient (Wildman–Crippen LogP) is 3.25. The molecule has 160 valence electrons. The lowest BCUT2D eigenvalue weighted by Crippen LogP contribution is -2.37. The van der Waals surface area contributed by atoms with E-state index in [0.29, 0.717) is 23.8 Å². The maximum atomic E-state index is 5.40. The maximum absolute atomic E-state index is 5.40. The molecule has 0 aliphatic heterocycles. The summed E-state index contributed by atoms with van der Waals surface area (Å²) < 4.78 is 21.3. The Balaban J connectivity index is 0.00000420. The van der Waals surface area contributed by atoms with Crippen LogP contribution in [-0.2, 0) is 13.0 Å². The first-order valence-electron chi connectivity index (χ1n) is 9.01. The van der Waals surface area contributed by atoms with Gasteiger partial charge in [0, 0.05) is 20.1 Å². The smallest absolute Gasteiger partial charge is 0.203 e. The van der Waals surface area contributed by atoms with Crippen LogP contribution < -0.4 is 29.6 Å². The monoisotopic (exact) mass is 515 g/mol. The molecule has 0 atom stereocenters. The molecule has 29 heavy (non-hydrogen) atoms. The molecule has 0 amide bonds. The van der Waals surface area contributed by atoms with E-state index in [0.717, 1.165) is 30.2 Å². The first-order valence-corrected chi connectivity index (χ1v) is 9.01. The molecular weight excluding hydrogens is 485 g/mol. The number of halogens is 1. The Morgan fingerprint density at radius 3 is 1.93 bits per heavy atom. The molecule has 2 rings (SSSR count). The van der Waals surface area contributed by atoms with Crippen LogP contribution in [0, 0.1) is 0 Å². The number of nitrogens with zero attached hydrogens (tertiary/aromatic N) is 1. The Hall–Kier alpha value is -2.36. The SMILES string of the molecule is CN=C(NCCc1ccc(OC)cc1)NCc1cc(OC)c(OC)c(OC)c1.I. The number of ether oxygens (including phenoxy) is 4. The van der Waals surface area contributed by atoms with Crippen molar-refractivity contribution in [3.05, 3.63) is 47.5 Å². The summed E-state index contributed by atoms with van der Waals surface area (Å²) in [5, 5.41) is 6.61. The molecule has 0 bridgehead atoms. The third-order valence-electron chi connectivity index (χ3n) is 4.27. The standard InChI is InChI=1S/C21H29N3O4.HI/c1-22-21(23-11-10-15-6-8-17(25-2)9-7-15)24-14-16-12-18(26-3)20(28-5)19(13-16)27-4;/h6-9,12-13H,10-11,14H2,1-5H3,(H2,22,23,24);1H. The highest BCUT2D eigenvalue weighted by Gasteiger charge is 2.13. The van der Waals surface area contributed by atoms with Gasteiger partial charge in [-0.1, -0.05) is 12.1 Å². The summed E-state index contributed by atoms with van der Waals surface area (Å²) in [5.74, 6) is 3.42. The van der Waals surface area contributed by atoms with Gasteiger partial charge >= 0.3 is 0 Å². The molecule has 0 aromatic heterocycles. The first-order chi connectivity index (χ1) is 13.6. The van der Waals surface area contributed by atoms with E-state index >= 15 is 0 Å². The van der Waals surface area contributed by atoms with Gasteiger partial charge in [0.2, 0.25) is 5.75 Å². The highest BCUT2D eigenvalue weighted by atomic mass is 127. The molecule has 0 aliphatic rings. The molecule has 0 radical (unpaired) electrons. The second-order valence-electron chi connectivity index (χ2n) is 5.98. The van der Waals surface area contributed by atoms with Crippen molar-refractivity contribution >= 4 is 29.9 Å². The van der Waals surface area contributed by atoms with Crippen molar-refractivity contribution in [3.8, 4) is 23.0 Å². The van der Waals surface area contributed by atoms with Gasteiger partial charge < -0.3 is 29.6 Å². The fourth-order valence-electron chi connectivity index (χ4n) is 2.76. The van der Waals surface area contributed by atoms with Crippen LogP contribution >= 0.6 is 24.0 Å². The Morgan fingerprint density at radius 1 is 0.828 bits per heavy atom. The fourth-order valence-corrected chi connectivity index (χ4v) is 2.76. The van der Waals surface area contributed by atoms with Crippen molar-refractivity contribution in [1.82, 2.24) is 10.6 Å². The van der Waals surface area contributed by atoms with Crippen LogP contribution in [0.25, 0.3) is 0 Å². The van der Waals surface area contributed by atoms with Crippen molar-refractivity contribution in [3.63, 3.8) is 0 Å². The van der Waals surface area contributed by atoms with Crippen molar-refractivity contribution in [2.24, 2.45) is 4.99 Å². The molecular formula is C21H30IN3O4. The Kier molecular flexibility index (Phi) is 11.0. The van der Waals surface area contributed by atoms with Crippen LogP contribution in [0.3, 0.4) is 0 Å². The number of methoxy groups -OCH3 is 4. The van der Waals surface area contributed by atoms with Crippen molar-refractivity contribution in [2.45, 2.75) is 13.0 Å². The first kappa shape index (κ1) is 24.7. The van der Waals surface area contributed by atoms with Gasteiger partial charge in [-0.05, 0) is 41.8 Å². The summed E-state index contributed by atoms with van der Waals surface area (Å²) >= 11 is 0. The summed E-state index contributed by atoms with van der Waals surface area (Å²) in [6.45, 7) is 1.33. The number of aliphatic imine (C=N–C) groups is 1. The van der Waals surface area contributed by atoms with E-state index in [2.05, 4.69) is 27.8 Å². The third kappa shape index (κ3) is 7.19. The normalized spacial score (nSPS) is 10.6. The van der Waals surface area contributed by atoms with E-state index in [9.17, 15) is 0 Å². The number of benzene rings is 2. The molecule has 0 fully saturated rings. The highest BCUT2D eigenvalue weighted by molar-refractivity contribution is 14.0. The van der Waals surface area contributed by atoms with Gasteiger partial charge in [0.25, 0.3) is 0 Å². The third-order valence-corrected chi connectivity index (χ3v) is 4.27. The molecule has 7 nitrogen and oxygen atoms in total. The molecule has 0 saturated heterocycles. The lowest BCUT2D eigenvalue weighted by molar-refractivity contribution is 0.323. The topological polar surface area (TPSA) is 73.3 Å². The van der Waals surface area contributed by atoms with Gasteiger partial charge in [-0.2, -0.15) is 0 Å². The highest BCUT2D eigenvalue weighted by Crippen LogP contribution is 2.38. The van der Waals surface area contributed by atoms with E-state index in [4.69, 9.17) is 18.9 Å². The van der Waals surface area contributed by atoms with E-state index < -0.39 is 0 Å². The zero-order valence-electron chi connectivity index (χ0n) is 17.6. The summed E-state index contributed by atoms with van der Waals surface area (Å²) in [4.78, 5) is 4.27. The lowest BCUT2D eigenvalue weighted by Gasteiger charge is -2.16. The van der Waals surface area contributed by atoms with Crippen LogP contribution in [0.5, 0.6) is 23.0 Å². The number of nitrogens with one attached hydrogen (secondary N) is 2. The molecule has 8 heteroatoms. The van der Waals surface area contributed by atoms with Crippen LogP contribution in [0.15, 0.2) is 41.4 Å². The molecule has 0 unspecified atom stereocenters. The van der Waals surface area contributed by atoms with Gasteiger partial charge in [0.15, 0.2) is 17.5 Å². The zero-order chi connectivity index (χ0) is 20.4. The minimum Gasteiger partial charge on any atom is -0.497 e. The summed E-state index contributed by atoms with van der Waals surface area (Å²) in [7, 11) is 8.22. The molecule has 0 aliphatic carbocycles. The van der Waals surface area contributed by atoms with Gasteiger partial charge in [-0.15, -0.1) is 24.0 Å². The molecule has 0 spiro atoms. The minimum atomic E-state index is 0. The average Bonchev–Trinajstić information content (AvgIpc) is 2.75.